The van der Waals surface area contributed by atoms with Crippen LogP contribution in [-0.2, 0) is 4.12 Å². The highest BCUT2D eigenvalue weighted by Crippen LogP contribution is 1.99. The van der Waals surface area contributed by atoms with Crippen LogP contribution in [0.3, 0.4) is 0 Å². The third kappa shape index (κ3) is 1.19. The monoisotopic (exact) mass is 154 g/mol. The van der Waals surface area contributed by atoms with Gasteiger partial charge in [0, 0.05) is 0 Å². The van der Waals surface area contributed by atoms with Crippen LogP contribution in [0.5, 0.6) is 0 Å². The number of rotatable bonds is 0. The van der Waals surface area contributed by atoms with Gasteiger partial charge in [-0.3, -0.25) is 0 Å². The first kappa shape index (κ1) is 5.05. The van der Waals surface area contributed by atoms with Gasteiger partial charge in [-0.2, -0.15) is 0 Å². The molecule has 0 aromatic heterocycles. The fourth-order valence-corrected chi connectivity index (χ4v) is 18.7. The SMILES string of the molecule is Cl[SiH]1O[SiH2]C[SiH2]1. The minimum Gasteiger partial charge on any atom is -0.455 e. The van der Waals surface area contributed by atoms with Crippen molar-refractivity contribution in [2.75, 3.05) is 0 Å². The molecular formula is CH7ClOSi3. The summed E-state index contributed by atoms with van der Waals surface area (Å²) in [6.45, 7) is 0. The lowest BCUT2D eigenvalue weighted by Gasteiger charge is -1.89. The molecule has 1 rings (SSSR count). The van der Waals surface area contributed by atoms with Crippen molar-refractivity contribution in [1.82, 2.24) is 0 Å². The van der Waals surface area contributed by atoms with Gasteiger partial charge < -0.3 is 4.12 Å². The molecule has 0 radical (unpaired) electrons. The molecule has 0 N–H and O–H groups in total. The Labute approximate surface area is 48.0 Å². The molecule has 1 atom stereocenters. The first-order valence-electron chi connectivity index (χ1n) is 2.15. The van der Waals surface area contributed by atoms with Crippen LogP contribution in [0.25, 0.3) is 0 Å². The predicted octanol–water partition coefficient (Wildman–Crippen LogP) is -1.40. The Morgan fingerprint density at radius 3 is 2.83 bits per heavy atom. The summed E-state index contributed by atoms with van der Waals surface area (Å²) in [5, 5.41) is 0. The topological polar surface area (TPSA) is 9.23 Å². The molecule has 36 valence electrons. The summed E-state index contributed by atoms with van der Waals surface area (Å²) < 4.78 is 5.26. The van der Waals surface area contributed by atoms with E-state index in [9.17, 15) is 0 Å². The molecule has 0 spiro atoms. The van der Waals surface area contributed by atoms with E-state index in [0.29, 0.717) is 0 Å². The van der Waals surface area contributed by atoms with Crippen LogP contribution in [0.4, 0.5) is 0 Å². The van der Waals surface area contributed by atoms with Crippen LogP contribution in [0.15, 0.2) is 0 Å². The van der Waals surface area contributed by atoms with Crippen LogP contribution in [0.2, 0.25) is 5.67 Å². The summed E-state index contributed by atoms with van der Waals surface area (Å²) in [5.74, 6) is 0. The maximum Gasteiger partial charge on any atom is 0.239 e. The third-order valence-corrected chi connectivity index (χ3v) is 16.8. The quantitative estimate of drug-likeness (QED) is 0.308. The second kappa shape index (κ2) is 2.27. The molecule has 1 saturated heterocycles. The van der Waals surface area contributed by atoms with E-state index in [1.165, 1.54) is 5.67 Å². The van der Waals surface area contributed by atoms with Crippen molar-refractivity contribution < 1.29 is 4.12 Å². The average Bonchev–Trinajstić information content (AvgIpc) is 1.86. The molecule has 0 bridgehead atoms. The van der Waals surface area contributed by atoms with E-state index in [0.717, 1.165) is 0 Å². The molecule has 6 heavy (non-hydrogen) atoms. The summed E-state index contributed by atoms with van der Waals surface area (Å²) in [7, 11) is -0.678. The zero-order valence-electron chi connectivity index (χ0n) is 3.48. The lowest BCUT2D eigenvalue weighted by molar-refractivity contribution is 0.662. The molecule has 1 heterocycles. The molecular weight excluding hydrogens is 148 g/mol. The van der Waals surface area contributed by atoms with E-state index in [-0.39, 0.29) is 18.8 Å². The zero-order chi connectivity index (χ0) is 4.41. The molecule has 1 aliphatic rings. The summed E-state index contributed by atoms with van der Waals surface area (Å²) >= 11 is 5.73. The molecule has 1 aliphatic heterocycles. The Hall–Kier alpha value is 0.901. The van der Waals surface area contributed by atoms with Crippen LogP contribution in [-0.4, -0.2) is 26.7 Å². The van der Waals surface area contributed by atoms with Crippen molar-refractivity contribution in [2.45, 2.75) is 5.67 Å². The van der Waals surface area contributed by atoms with Crippen molar-refractivity contribution in [3.05, 3.63) is 0 Å². The average molecular weight is 155 g/mol. The van der Waals surface area contributed by atoms with E-state index in [4.69, 9.17) is 15.2 Å². The first-order chi connectivity index (χ1) is 2.89. The van der Waals surface area contributed by atoms with Crippen molar-refractivity contribution >= 4 is 37.7 Å². The van der Waals surface area contributed by atoms with Crippen molar-refractivity contribution in [1.29, 1.82) is 0 Å². The van der Waals surface area contributed by atoms with Crippen LogP contribution in [0, 0.1) is 0 Å². The van der Waals surface area contributed by atoms with E-state index in [1.807, 2.05) is 0 Å². The fourth-order valence-electron chi connectivity index (χ4n) is 0.538. The highest BCUT2D eigenvalue weighted by molar-refractivity contribution is 7.37. The maximum absolute atomic E-state index is 5.73. The summed E-state index contributed by atoms with van der Waals surface area (Å²) in [6.07, 6.45) is 0. The molecule has 1 unspecified atom stereocenters. The Morgan fingerprint density at radius 2 is 2.67 bits per heavy atom. The van der Waals surface area contributed by atoms with Crippen LogP contribution in [0.1, 0.15) is 0 Å². The minimum absolute atomic E-state index is 0.0127. The lowest BCUT2D eigenvalue weighted by atomic mass is 11.9. The van der Waals surface area contributed by atoms with E-state index in [2.05, 4.69) is 0 Å². The Balaban J connectivity index is 2.18. The molecule has 0 aliphatic carbocycles. The van der Waals surface area contributed by atoms with E-state index < -0.39 is 7.87 Å². The largest absolute Gasteiger partial charge is 0.455 e. The molecule has 0 aromatic carbocycles. The van der Waals surface area contributed by atoms with E-state index >= 15 is 0 Å². The highest BCUT2D eigenvalue weighted by atomic mass is 35.6. The summed E-state index contributed by atoms with van der Waals surface area (Å²) in [5.41, 5.74) is 1.47. The number of hydrogen-bond donors (Lipinski definition) is 0. The molecule has 0 aromatic rings. The first-order valence-corrected chi connectivity index (χ1v) is 10.2. The minimum atomic E-state index is -0.877. The van der Waals surface area contributed by atoms with Gasteiger partial charge in [-0.1, -0.05) is 0 Å². The molecule has 0 amide bonds. The van der Waals surface area contributed by atoms with Gasteiger partial charge in [0.25, 0.3) is 0 Å². The number of halogens is 1. The van der Waals surface area contributed by atoms with Gasteiger partial charge in [-0.25, -0.2) is 0 Å². The Morgan fingerprint density at radius 1 is 1.83 bits per heavy atom. The van der Waals surface area contributed by atoms with Gasteiger partial charge in [0.15, 0.2) is 0 Å². The third-order valence-electron chi connectivity index (χ3n) is 0.874. The normalized spacial score (nSPS) is 42.5. The van der Waals surface area contributed by atoms with Crippen LogP contribution < -0.4 is 0 Å². The predicted molar refractivity (Wildman–Crippen MR) is 36.0 cm³/mol. The molecule has 1 nitrogen and oxygen atoms in total. The van der Waals surface area contributed by atoms with Gasteiger partial charge in [-0.05, 0) is 5.67 Å². The summed E-state index contributed by atoms with van der Waals surface area (Å²) in [6, 6.07) is 0. The second-order valence-electron chi connectivity index (χ2n) is 1.42. The molecule has 1 fully saturated rings. The van der Waals surface area contributed by atoms with Crippen molar-refractivity contribution in [3.63, 3.8) is 0 Å². The lowest BCUT2D eigenvalue weighted by Crippen LogP contribution is -2.07. The van der Waals surface area contributed by atoms with Crippen LogP contribution >= 0.6 is 11.1 Å². The van der Waals surface area contributed by atoms with Gasteiger partial charge in [-0.15, -0.1) is 11.1 Å². The Kier molecular flexibility index (Phi) is 1.91. The Bertz CT molecular complexity index is 44.1. The smallest absolute Gasteiger partial charge is 0.239 e. The highest BCUT2D eigenvalue weighted by Gasteiger charge is 2.13. The van der Waals surface area contributed by atoms with Gasteiger partial charge in [0.05, 0.1) is 9.04 Å². The van der Waals surface area contributed by atoms with Gasteiger partial charge in [0.1, 0.15) is 9.76 Å². The van der Waals surface area contributed by atoms with Crippen molar-refractivity contribution in [2.24, 2.45) is 0 Å². The molecule has 5 heteroatoms. The zero-order valence-corrected chi connectivity index (χ0v) is 8.22. The standard InChI is InChI=1S/CH7ClOSi3/c2-6-3-4-1-5-6/h6H,1,4-5H2. The van der Waals surface area contributed by atoms with Crippen molar-refractivity contribution in [3.8, 4) is 0 Å². The van der Waals surface area contributed by atoms with Gasteiger partial charge in [0.2, 0.25) is 7.87 Å². The van der Waals surface area contributed by atoms with E-state index in [1.54, 1.807) is 0 Å². The fraction of sp³-hybridized carbons (Fsp3) is 1.00. The maximum atomic E-state index is 5.73. The summed E-state index contributed by atoms with van der Waals surface area (Å²) in [4.78, 5) is 0. The molecule has 0 saturated carbocycles. The second-order valence-corrected chi connectivity index (χ2v) is 14.4. The number of hydrogen-bond acceptors (Lipinski definition) is 1. The van der Waals surface area contributed by atoms with Gasteiger partial charge >= 0.3 is 0 Å².